The average molecular weight is 263 g/mol. The summed E-state index contributed by atoms with van der Waals surface area (Å²) in [7, 11) is 0. The molecule has 0 radical (unpaired) electrons. The maximum Gasteiger partial charge on any atom is 0.202 e. The fourth-order valence-corrected chi connectivity index (χ4v) is 3.18. The first-order valence-corrected chi connectivity index (χ1v) is 6.83. The number of nitrogens with two attached hydrogens (primary N) is 1. The lowest BCUT2D eigenvalue weighted by Gasteiger charge is -2.15. The second kappa shape index (κ2) is 3.38. The van der Waals surface area contributed by atoms with Crippen LogP contribution in [0.5, 0.6) is 0 Å². The van der Waals surface area contributed by atoms with Crippen LogP contribution < -0.4 is 5.73 Å². The van der Waals surface area contributed by atoms with E-state index in [0.29, 0.717) is 16.4 Å². The van der Waals surface area contributed by atoms with E-state index in [0.717, 1.165) is 23.6 Å². The summed E-state index contributed by atoms with van der Waals surface area (Å²) in [5, 5.41) is 0.607. The molecule has 0 saturated heterocycles. The number of fused-ring (bicyclic) bond motifs is 1. The van der Waals surface area contributed by atoms with E-state index >= 15 is 0 Å². The molecule has 0 atom stereocenters. The van der Waals surface area contributed by atoms with Crippen molar-refractivity contribution in [3.63, 3.8) is 0 Å². The summed E-state index contributed by atoms with van der Waals surface area (Å²) in [6.45, 7) is 0.967. The van der Waals surface area contributed by atoms with E-state index in [4.69, 9.17) is 17.3 Å². The first-order chi connectivity index (χ1) is 8.68. The molecule has 0 amide bonds. The van der Waals surface area contributed by atoms with Gasteiger partial charge in [-0.1, -0.05) is 11.6 Å². The van der Waals surface area contributed by atoms with E-state index in [-0.39, 0.29) is 0 Å². The van der Waals surface area contributed by atoms with Gasteiger partial charge >= 0.3 is 0 Å². The Bertz CT molecular complexity index is 625. The number of anilines is 1. The molecule has 0 aliphatic heterocycles. The molecular formula is C13H15ClN4. The molecule has 2 N–H and O–H groups in total. The van der Waals surface area contributed by atoms with E-state index in [1.165, 1.54) is 25.7 Å². The van der Waals surface area contributed by atoms with Crippen LogP contribution in [0.3, 0.4) is 0 Å². The zero-order valence-electron chi connectivity index (χ0n) is 10.1. The van der Waals surface area contributed by atoms with Gasteiger partial charge in [0.05, 0.1) is 5.02 Å². The van der Waals surface area contributed by atoms with Crippen molar-refractivity contribution < 1.29 is 0 Å². The van der Waals surface area contributed by atoms with Gasteiger partial charge in [-0.05, 0) is 43.1 Å². The normalized spacial score (nSPS) is 21.4. The number of imidazole rings is 1. The lowest BCUT2D eigenvalue weighted by Crippen LogP contribution is -2.16. The molecule has 4 nitrogen and oxygen atoms in total. The molecule has 2 aromatic heterocycles. The molecular weight excluding hydrogens is 248 g/mol. The third-order valence-corrected chi connectivity index (χ3v) is 4.60. The van der Waals surface area contributed by atoms with Crippen LogP contribution in [-0.4, -0.2) is 14.5 Å². The lowest BCUT2D eigenvalue weighted by molar-refractivity contribution is 0.376. The smallest absolute Gasteiger partial charge is 0.202 e. The maximum absolute atomic E-state index is 6.03. The average Bonchev–Trinajstić information content (AvgIpc) is 3.20. The van der Waals surface area contributed by atoms with Gasteiger partial charge in [0.2, 0.25) is 5.95 Å². The van der Waals surface area contributed by atoms with E-state index < -0.39 is 0 Å². The highest BCUT2D eigenvalue weighted by Crippen LogP contribution is 2.62. The molecule has 2 heterocycles. The van der Waals surface area contributed by atoms with Crippen molar-refractivity contribution in [1.82, 2.24) is 14.5 Å². The summed E-state index contributed by atoms with van der Waals surface area (Å²) in [6, 6.07) is 1.83. The minimum Gasteiger partial charge on any atom is -0.369 e. The number of aromatic nitrogens is 3. The van der Waals surface area contributed by atoms with Gasteiger partial charge < -0.3 is 5.73 Å². The van der Waals surface area contributed by atoms with Crippen molar-refractivity contribution in [2.24, 2.45) is 11.3 Å². The second-order valence-electron chi connectivity index (χ2n) is 5.69. The number of hydrogen-bond donors (Lipinski definition) is 1. The summed E-state index contributed by atoms with van der Waals surface area (Å²) in [5.41, 5.74) is 8.18. The quantitative estimate of drug-likeness (QED) is 0.925. The Morgan fingerprint density at radius 2 is 2.22 bits per heavy atom. The fraction of sp³-hybridized carbons (Fsp3) is 0.538. The predicted octanol–water partition coefficient (Wildman–Crippen LogP) is 2.86. The molecule has 2 saturated carbocycles. The number of halogens is 1. The summed E-state index contributed by atoms with van der Waals surface area (Å²) in [6.07, 6.45) is 7.07. The third-order valence-electron chi connectivity index (χ3n) is 4.39. The van der Waals surface area contributed by atoms with Crippen molar-refractivity contribution in [2.75, 3.05) is 5.73 Å². The van der Waals surface area contributed by atoms with Crippen molar-refractivity contribution in [2.45, 2.75) is 32.2 Å². The van der Waals surface area contributed by atoms with Gasteiger partial charge in [0.1, 0.15) is 5.52 Å². The van der Waals surface area contributed by atoms with Crippen LogP contribution in [-0.2, 0) is 6.54 Å². The summed E-state index contributed by atoms with van der Waals surface area (Å²) < 4.78 is 2.07. The highest BCUT2D eigenvalue weighted by Gasteiger charge is 2.54. The third kappa shape index (κ3) is 1.52. The standard InChI is InChI=1S/C13H15ClN4/c14-9-5-10-11(16-6-9)18(12(15)17-10)7-13(3-4-13)8-1-2-8/h5-6,8H,1-4,7H2,(H2,15,17). The second-order valence-corrected chi connectivity index (χ2v) is 6.13. The Hall–Kier alpha value is -1.29. The SMILES string of the molecule is Nc1nc2cc(Cl)cnc2n1CC1(C2CC2)CC1. The molecule has 2 aliphatic rings. The Labute approximate surface area is 110 Å². The minimum atomic E-state index is 0.489. The van der Waals surface area contributed by atoms with Gasteiger partial charge in [-0.15, -0.1) is 0 Å². The van der Waals surface area contributed by atoms with Crippen LogP contribution in [0.15, 0.2) is 12.3 Å². The van der Waals surface area contributed by atoms with E-state index in [1.54, 1.807) is 6.20 Å². The fourth-order valence-electron chi connectivity index (χ4n) is 3.03. The van der Waals surface area contributed by atoms with Crippen LogP contribution >= 0.6 is 11.6 Å². The Kier molecular flexibility index (Phi) is 1.99. The molecule has 2 aliphatic carbocycles. The Morgan fingerprint density at radius 3 is 2.89 bits per heavy atom. The van der Waals surface area contributed by atoms with Gasteiger partial charge in [-0.25, -0.2) is 9.97 Å². The van der Waals surface area contributed by atoms with Crippen LogP contribution in [0.25, 0.3) is 11.2 Å². The molecule has 4 rings (SSSR count). The van der Waals surface area contributed by atoms with Crippen molar-refractivity contribution >= 4 is 28.7 Å². The summed E-state index contributed by atoms with van der Waals surface area (Å²) in [5.74, 6) is 1.47. The molecule has 0 aromatic carbocycles. The van der Waals surface area contributed by atoms with Gasteiger partial charge in [0.15, 0.2) is 5.65 Å². The lowest BCUT2D eigenvalue weighted by atomic mass is 10.0. The minimum absolute atomic E-state index is 0.489. The zero-order valence-corrected chi connectivity index (χ0v) is 10.8. The number of rotatable bonds is 3. The van der Waals surface area contributed by atoms with Crippen LogP contribution in [0.4, 0.5) is 5.95 Å². The molecule has 0 unspecified atom stereocenters. The monoisotopic (exact) mass is 262 g/mol. The van der Waals surface area contributed by atoms with Crippen molar-refractivity contribution in [1.29, 1.82) is 0 Å². The topological polar surface area (TPSA) is 56.7 Å². The summed E-state index contributed by atoms with van der Waals surface area (Å²) >= 11 is 5.93. The summed E-state index contributed by atoms with van der Waals surface area (Å²) in [4.78, 5) is 8.74. The first-order valence-electron chi connectivity index (χ1n) is 6.45. The molecule has 18 heavy (non-hydrogen) atoms. The largest absolute Gasteiger partial charge is 0.369 e. The Morgan fingerprint density at radius 1 is 1.44 bits per heavy atom. The molecule has 94 valence electrons. The number of pyridine rings is 1. The van der Waals surface area contributed by atoms with E-state index in [1.807, 2.05) is 6.07 Å². The molecule has 5 heteroatoms. The van der Waals surface area contributed by atoms with E-state index in [9.17, 15) is 0 Å². The van der Waals surface area contributed by atoms with Gasteiger partial charge in [-0.2, -0.15) is 0 Å². The van der Waals surface area contributed by atoms with Gasteiger partial charge in [0, 0.05) is 12.7 Å². The Balaban J connectivity index is 1.77. The van der Waals surface area contributed by atoms with Gasteiger partial charge in [-0.3, -0.25) is 4.57 Å². The van der Waals surface area contributed by atoms with Crippen molar-refractivity contribution in [3.05, 3.63) is 17.3 Å². The van der Waals surface area contributed by atoms with Crippen LogP contribution in [0, 0.1) is 11.3 Å². The number of nitrogens with zero attached hydrogens (tertiary/aromatic N) is 3. The molecule has 2 aromatic rings. The zero-order chi connectivity index (χ0) is 12.3. The first kappa shape index (κ1) is 10.6. The number of nitrogen functional groups attached to an aromatic ring is 1. The van der Waals surface area contributed by atoms with Crippen LogP contribution in [0.1, 0.15) is 25.7 Å². The molecule has 2 fully saturated rings. The van der Waals surface area contributed by atoms with Crippen molar-refractivity contribution in [3.8, 4) is 0 Å². The predicted molar refractivity (Wildman–Crippen MR) is 71.3 cm³/mol. The van der Waals surface area contributed by atoms with Gasteiger partial charge in [0.25, 0.3) is 0 Å². The molecule has 0 spiro atoms. The maximum atomic E-state index is 6.03. The number of hydrogen-bond acceptors (Lipinski definition) is 3. The van der Waals surface area contributed by atoms with Crippen LogP contribution in [0.2, 0.25) is 5.02 Å². The highest BCUT2D eigenvalue weighted by molar-refractivity contribution is 6.31. The molecule has 0 bridgehead atoms. The highest BCUT2D eigenvalue weighted by atomic mass is 35.5. The van der Waals surface area contributed by atoms with E-state index in [2.05, 4.69) is 14.5 Å².